The van der Waals surface area contributed by atoms with E-state index in [4.69, 9.17) is 0 Å². The van der Waals surface area contributed by atoms with E-state index < -0.39 is 0 Å². The van der Waals surface area contributed by atoms with Crippen LogP contribution in [0.25, 0.3) is 0 Å². The van der Waals surface area contributed by atoms with E-state index in [1.807, 2.05) is 36.4 Å². The van der Waals surface area contributed by atoms with Crippen LogP contribution in [0.15, 0.2) is 42.5 Å². The van der Waals surface area contributed by atoms with Crippen molar-refractivity contribution in [3.63, 3.8) is 0 Å². The van der Waals surface area contributed by atoms with Crippen molar-refractivity contribution in [2.75, 3.05) is 32.0 Å². The summed E-state index contributed by atoms with van der Waals surface area (Å²) in [5, 5.41) is 22.0. The van der Waals surface area contributed by atoms with Crippen molar-refractivity contribution in [3.8, 4) is 6.07 Å². The first kappa shape index (κ1) is 21.0. The SMILES string of the molecule is CN(C(=O)Cc1ccc2c(c1)NC(=O)C2)[C@H](CN1CC[C@H](O)C1)c1cccc(C#N)c1. The molecule has 0 bridgehead atoms. The van der Waals surface area contributed by atoms with Gasteiger partial charge in [-0.2, -0.15) is 5.26 Å². The van der Waals surface area contributed by atoms with Gasteiger partial charge in [0.05, 0.1) is 36.6 Å². The van der Waals surface area contributed by atoms with Gasteiger partial charge in [0.1, 0.15) is 0 Å². The summed E-state index contributed by atoms with van der Waals surface area (Å²) >= 11 is 0. The monoisotopic (exact) mass is 418 g/mol. The minimum atomic E-state index is -0.339. The fourth-order valence-electron chi connectivity index (χ4n) is 4.33. The van der Waals surface area contributed by atoms with Crippen molar-refractivity contribution in [2.24, 2.45) is 0 Å². The standard InChI is InChI=1S/C24H26N4O3/c1-27(24(31)11-16-5-6-18-12-23(30)26-21(18)10-16)22(15-28-8-7-20(29)14-28)19-4-2-3-17(9-19)13-25/h2-6,9-10,20,22,29H,7-8,11-12,14-15H2,1H3,(H,26,30)/t20-,22+/m0/s1. The van der Waals surface area contributed by atoms with Crippen molar-refractivity contribution in [1.82, 2.24) is 9.80 Å². The zero-order valence-corrected chi connectivity index (χ0v) is 17.5. The lowest BCUT2D eigenvalue weighted by Gasteiger charge is -2.32. The molecule has 7 heteroatoms. The predicted molar refractivity (Wildman–Crippen MR) is 116 cm³/mol. The Bertz CT molecular complexity index is 1050. The number of aliphatic hydroxyl groups is 1. The third-order valence-corrected chi connectivity index (χ3v) is 6.09. The van der Waals surface area contributed by atoms with Crippen molar-refractivity contribution in [2.45, 2.75) is 31.4 Å². The van der Waals surface area contributed by atoms with Gasteiger partial charge in [-0.25, -0.2) is 0 Å². The molecular weight excluding hydrogens is 392 g/mol. The molecule has 2 amide bonds. The van der Waals surface area contributed by atoms with Crippen LogP contribution in [0.1, 0.15) is 34.7 Å². The number of nitriles is 1. The number of fused-ring (bicyclic) bond motifs is 1. The maximum Gasteiger partial charge on any atom is 0.228 e. The Hall–Kier alpha value is -3.21. The number of likely N-dealkylation sites (N-methyl/N-ethyl adjacent to an activating group) is 1. The van der Waals surface area contributed by atoms with Crippen molar-refractivity contribution in [3.05, 3.63) is 64.7 Å². The lowest BCUT2D eigenvalue weighted by molar-refractivity contribution is -0.131. The second kappa shape index (κ2) is 8.88. The van der Waals surface area contributed by atoms with Crippen LogP contribution in [0.3, 0.4) is 0 Å². The number of β-amino-alcohol motifs (C(OH)–C–C–N with tert-alkyl or cyclic N) is 1. The average Bonchev–Trinajstić information content (AvgIpc) is 3.35. The molecule has 31 heavy (non-hydrogen) atoms. The summed E-state index contributed by atoms with van der Waals surface area (Å²) in [5.74, 6) is -0.0720. The number of anilines is 1. The van der Waals surface area contributed by atoms with Gasteiger partial charge in [0, 0.05) is 32.4 Å². The fourth-order valence-corrected chi connectivity index (χ4v) is 4.33. The van der Waals surface area contributed by atoms with Gasteiger partial charge in [-0.3, -0.25) is 14.5 Å². The number of rotatable bonds is 6. The highest BCUT2D eigenvalue weighted by Crippen LogP contribution is 2.27. The smallest absolute Gasteiger partial charge is 0.228 e. The summed E-state index contributed by atoms with van der Waals surface area (Å²) in [7, 11) is 1.79. The number of nitrogens with zero attached hydrogens (tertiary/aromatic N) is 3. The molecule has 2 aliphatic rings. The van der Waals surface area contributed by atoms with Gasteiger partial charge < -0.3 is 15.3 Å². The van der Waals surface area contributed by atoms with Crippen LogP contribution < -0.4 is 5.32 Å². The van der Waals surface area contributed by atoms with Crippen molar-refractivity contribution in [1.29, 1.82) is 5.26 Å². The van der Waals surface area contributed by atoms with E-state index in [-0.39, 0.29) is 30.4 Å². The molecule has 2 N–H and O–H groups in total. The highest BCUT2D eigenvalue weighted by molar-refractivity contribution is 5.99. The quantitative estimate of drug-likeness (QED) is 0.747. The number of likely N-dealkylation sites (tertiary alicyclic amines) is 1. The summed E-state index contributed by atoms with van der Waals surface area (Å²) in [6.07, 6.45) is 0.983. The Morgan fingerprint density at radius 3 is 2.94 bits per heavy atom. The van der Waals surface area contributed by atoms with Crippen LogP contribution in [0.4, 0.5) is 5.69 Å². The highest BCUT2D eigenvalue weighted by atomic mass is 16.3. The average molecular weight is 418 g/mol. The third kappa shape index (κ3) is 4.76. The normalized spacial score (nSPS) is 18.9. The predicted octanol–water partition coefficient (Wildman–Crippen LogP) is 1.86. The lowest BCUT2D eigenvalue weighted by atomic mass is 10.0. The Morgan fingerprint density at radius 2 is 2.19 bits per heavy atom. The van der Waals surface area contributed by atoms with Crippen LogP contribution >= 0.6 is 0 Å². The molecule has 7 nitrogen and oxygen atoms in total. The highest BCUT2D eigenvalue weighted by Gasteiger charge is 2.28. The molecule has 4 rings (SSSR count). The molecule has 0 spiro atoms. The molecule has 2 atom stereocenters. The number of amides is 2. The Morgan fingerprint density at radius 1 is 1.35 bits per heavy atom. The molecule has 0 unspecified atom stereocenters. The van der Waals surface area contributed by atoms with Crippen LogP contribution in [-0.4, -0.2) is 59.5 Å². The summed E-state index contributed by atoms with van der Waals surface area (Å²) < 4.78 is 0. The Kier molecular flexibility index (Phi) is 6.03. The van der Waals surface area contributed by atoms with Gasteiger partial charge in [-0.1, -0.05) is 24.3 Å². The number of nitrogens with one attached hydrogen (secondary N) is 1. The third-order valence-electron chi connectivity index (χ3n) is 6.09. The minimum Gasteiger partial charge on any atom is -0.392 e. The van der Waals surface area contributed by atoms with Gasteiger partial charge in [-0.15, -0.1) is 0 Å². The number of carbonyl (C=O) groups is 2. The molecule has 1 fully saturated rings. The van der Waals surface area contributed by atoms with E-state index in [1.165, 1.54) is 0 Å². The zero-order chi connectivity index (χ0) is 22.0. The van der Waals surface area contributed by atoms with Gasteiger partial charge in [-0.05, 0) is 41.3 Å². The van der Waals surface area contributed by atoms with Crippen molar-refractivity contribution < 1.29 is 14.7 Å². The number of benzene rings is 2. The van der Waals surface area contributed by atoms with E-state index in [0.29, 0.717) is 25.1 Å². The van der Waals surface area contributed by atoms with Crippen molar-refractivity contribution >= 4 is 17.5 Å². The molecule has 160 valence electrons. The Labute approximate surface area is 181 Å². The maximum atomic E-state index is 13.2. The first-order chi connectivity index (χ1) is 14.9. The molecule has 0 radical (unpaired) electrons. The molecule has 2 aromatic carbocycles. The molecule has 1 saturated heterocycles. The summed E-state index contributed by atoms with van der Waals surface area (Å²) in [6, 6.07) is 14.9. The minimum absolute atomic E-state index is 0.0270. The first-order valence-corrected chi connectivity index (χ1v) is 10.5. The van der Waals surface area contributed by atoms with Gasteiger partial charge in [0.2, 0.25) is 11.8 Å². The lowest BCUT2D eigenvalue weighted by Crippen LogP contribution is -2.39. The van der Waals surface area contributed by atoms with Crippen LogP contribution in [0.2, 0.25) is 0 Å². The van der Waals surface area contributed by atoms with E-state index in [2.05, 4.69) is 16.3 Å². The number of hydrogen-bond acceptors (Lipinski definition) is 5. The fraction of sp³-hybridized carbons (Fsp3) is 0.375. The Balaban J connectivity index is 1.53. The van der Waals surface area contributed by atoms with E-state index in [0.717, 1.165) is 35.3 Å². The van der Waals surface area contributed by atoms with Gasteiger partial charge in [0.25, 0.3) is 0 Å². The molecule has 0 aliphatic carbocycles. The zero-order valence-electron chi connectivity index (χ0n) is 17.5. The number of hydrogen-bond donors (Lipinski definition) is 2. The summed E-state index contributed by atoms with van der Waals surface area (Å²) in [4.78, 5) is 28.7. The summed E-state index contributed by atoms with van der Waals surface area (Å²) in [5.41, 5.74) is 4.03. The molecule has 0 aromatic heterocycles. The van der Waals surface area contributed by atoms with E-state index >= 15 is 0 Å². The van der Waals surface area contributed by atoms with Crippen LogP contribution in [0.5, 0.6) is 0 Å². The summed E-state index contributed by atoms with van der Waals surface area (Å²) in [6.45, 7) is 1.96. The second-order valence-electron chi connectivity index (χ2n) is 8.35. The molecular formula is C24H26N4O3. The number of aliphatic hydroxyl groups excluding tert-OH is 1. The van der Waals surface area contributed by atoms with Crippen LogP contribution in [-0.2, 0) is 22.4 Å². The first-order valence-electron chi connectivity index (χ1n) is 10.5. The molecule has 2 heterocycles. The molecule has 2 aliphatic heterocycles. The maximum absolute atomic E-state index is 13.2. The molecule has 2 aromatic rings. The van der Waals surface area contributed by atoms with Gasteiger partial charge >= 0.3 is 0 Å². The number of carbonyl (C=O) groups excluding carboxylic acids is 2. The second-order valence-corrected chi connectivity index (χ2v) is 8.35. The molecule has 0 saturated carbocycles. The van der Waals surface area contributed by atoms with E-state index in [9.17, 15) is 20.0 Å². The van der Waals surface area contributed by atoms with E-state index in [1.54, 1.807) is 18.0 Å². The largest absolute Gasteiger partial charge is 0.392 e. The van der Waals surface area contributed by atoms with Crippen LogP contribution in [0, 0.1) is 11.3 Å². The van der Waals surface area contributed by atoms with Gasteiger partial charge in [0.15, 0.2) is 0 Å². The topological polar surface area (TPSA) is 96.7 Å².